The van der Waals surface area contributed by atoms with Gasteiger partial charge in [0.1, 0.15) is 0 Å². The fourth-order valence-electron chi connectivity index (χ4n) is 8.36. The minimum atomic E-state index is 0.662. The average Bonchev–Trinajstić information content (AvgIpc) is 3.95. The van der Waals surface area contributed by atoms with Crippen LogP contribution in [-0.2, 0) is 0 Å². The summed E-state index contributed by atoms with van der Waals surface area (Å²) in [7, 11) is 0. The van der Waals surface area contributed by atoms with Crippen LogP contribution in [0.25, 0.3) is 113 Å². The lowest BCUT2D eigenvalue weighted by atomic mass is 10.00. The van der Waals surface area contributed by atoms with Crippen LogP contribution in [0.15, 0.2) is 182 Å². The quantitative estimate of drug-likeness (QED) is 0.175. The maximum absolute atomic E-state index is 5.02. The highest BCUT2D eigenvalue weighted by Crippen LogP contribution is 2.44. The molecule has 12 aromatic rings. The molecule has 6 heteroatoms. The molecule has 4 nitrogen and oxygen atoms in total. The number of hydrogen-bond donors (Lipinski definition) is 0. The van der Waals surface area contributed by atoms with Gasteiger partial charge in [0, 0.05) is 73.5 Å². The Morgan fingerprint density at radius 3 is 1.68 bits per heavy atom. The molecule has 266 valence electrons. The maximum atomic E-state index is 5.02. The van der Waals surface area contributed by atoms with Crippen molar-refractivity contribution in [3.8, 4) is 51.0 Å². The molecule has 0 amide bonds. The van der Waals surface area contributed by atoms with Gasteiger partial charge >= 0.3 is 0 Å². The van der Waals surface area contributed by atoms with E-state index in [1.54, 1.807) is 0 Å². The summed E-state index contributed by atoms with van der Waals surface area (Å²) < 4.78 is 7.53. The predicted octanol–water partition coefficient (Wildman–Crippen LogP) is 14.4. The molecule has 0 spiro atoms. The fourth-order valence-corrected chi connectivity index (χ4v) is 10.8. The van der Waals surface area contributed by atoms with Crippen molar-refractivity contribution in [3.05, 3.63) is 182 Å². The van der Waals surface area contributed by atoms with Crippen molar-refractivity contribution >= 4 is 84.8 Å². The molecule has 0 radical (unpaired) electrons. The van der Waals surface area contributed by atoms with Crippen LogP contribution >= 0.6 is 22.7 Å². The summed E-state index contributed by atoms with van der Waals surface area (Å²) >= 11 is 3.71. The SMILES string of the molecule is c1ccc(-c2nc(-c3ccccc3)nc(-c3ccc4c(c3)sc3c(-c5ccc6c(c5)c5cc7sc8ccccc8c7cc5n6-c5ccccc5)cccc34)n2)cc1. The first-order valence-corrected chi connectivity index (χ1v) is 20.6. The predicted molar refractivity (Wildman–Crippen MR) is 242 cm³/mol. The van der Waals surface area contributed by atoms with Gasteiger partial charge < -0.3 is 4.57 Å². The summed E-state index contributed by atoms with van der Waals surface area (Å²) in [4.78, 5) is 14.9. The zero-order chi connectivity index (χ0) is 37.5. The molecule has 0 saturated heterocycles. The number of nitrogens with zero attached hydrogens (tertiary/aromatic N) is 4. The standard InChI is InChI=1S/C51H30N4S2/c1-4-13-31(14-5-1)49-52-50(32-15-6-2-7-16-32)54-51(53-49)34-23-25-38-39-21-12-20-36(48(39)57-46(38)28-34)33-24-26-43-40(27-33)41-30-47-42(37-19-10-11-22-45(37)56-47)29-44(41)55(43)35-17-8-3-9-18-35/h1-30H. The minimum Gasteiger partial charge on any atom is -0.309 e. The third-order valence-electron chi connectivity index (χ3n) is 11.0. The first-order valence-electron chi connectivity index (χ1n) is 19.0. The van der Waals surface area contributed by atoms with Crippen molar-refractivity contribution in [3.63, 3.8) is 0 Å². The van der Waals surface area contributed by atoms with Gasteiger partial charge in [-0.1, -0.05) is 133 Å². The lowest BCUT2D eigenvalue weighted by Crippen LogP contribution is -1.99. The summed E-state index contributed by atoms with van der Waals surface area (Å²) in [6, 6.07) is 65.0. The molecule has 0 saturated carbocycles. The van der Waals surface area contributed by atoms with E-state index in [4.69, 9.17) is 15.0 Å². The van der Waals surface area contributed by atoms with Gasteiger partial charge in [0.05, 0.1) is 11.0 Å². The second-order valence-corrected chi connectivity index (χ2v) is 16.5. The second kappa shape index (κ2) is 12.8. The zero-order valence-electron chi connectivity index (χ0n) is 30.4. The van der Waals surface area contributed by atoms with Crippen molar-refractivity contribution in [2.45, 2.75) is 0 Å². The molecule has 0 unspecified atom stereocenters. The zero-order valence-corrected chi connectivity index (χ0v) is 32.1. The summed E-state index contributed by atoms with van der Waals surface area (Å²) in [5.41, 5.74) is 8.93. The van der Waals surface area contributed by atoms with Gasteiger partial charge in [0.2, 0.25) is 0 Å². The Bertz CT molecular complexity index is 3450. The van der Waals surface area contributed by atoms with Crippen LogP contribution < -0.4 is 0 Å². The second-order valence-electron chi connectivity index (χ2n) is 14.4. The van der Waals surface area contributed by atoms with Gasteiger partial charge in [0.15, 0.2) is 17.5 Å². The molecule has 0 aliphatic rings. The van der Waals surface area contributed by atoms with Crippen LogP contribution in [0.5, 0.6) is 0 Å². The number of fused-ring (bicyclic) bond motifs is 9. The van der Waals surface area contributed by atoms with Crippen LogP contribution in [0.2, 0.25) is 0 Å². The Hall–Kier alpha value is -6.99. The van der Waals surface area contributed by atoms with Gasteiger partial charge in [0.25, 0.3) is 0 Å². The van der Waals surface area contributed by atoms with Gasteiger partial charge in [-0.15, -0.1) is 22.7 Å². The molecule has 12 rings (SSSR count). The van der Waals surface area contributed by atoms with Crippen LogP contribution in [0.3, 0.4) is 0 Å². The summed E-state index contributed by atoms with van der Waals surface area (Å²) in [5, 5.41) is 7.63. The topological polar surface area (TPSA) is 43.6 Å². The summed E-state index contributed by atoms with van der Waals surface area (Å²) in [6.45, 7) is 0. The molecule has 0 aliphatic heterocycles. The average molecular weight is 763 g/mol. The van der Waals surface area contributed by atoms with E-state index in [1.807, 2.05) is 83.3 Å². The van der Waals surface area contributed by atoms with Crippen LogP contribution in [0.4, 0.5) is 0 Å². The normalized spacial score (nSPS) is 11.9. The number of thiophene rings is 2. The van der Waals surface area contributed by atoms with E-state index in [9.17, 15) is 0 Å². The van der Waals surface area contributed by atoms with Crippen LogP contribution in [0.1, 0.15) is 0 Å². The highest BCUT2D eigenvalue weighted by molar-refractivity contribution is 7.26. The molecule has 57 heavy (non-hydrogen) atoms. The van der Waals surface area contributed by atoms with Gasteiger partial charge in [-0.2, -0.15) is 0 Å². The van der Waals surface area contributed by atoms with E-state index >= 15 is 0 Å². The van der Waals surface area contributed by atoms with E-state index in [2.05, 4.69) is 126 Å². The molecule has 8 aromatic carbocycles. The van der Waals surface area contributed by atoms with E-state index in [0.29, 0.717) is 17.5 Å². The highest BCUT2D eigenvalue weighted by atomic mass is 32.1. The molecule has 0 fully saturated rings. The Kier molecular flexibility index (Phi) is 7.24. The van der Waals surface area contributed by atoms with Crippen molar-refractivity contribution in [1.82, 2.24) is 19.5 Å². The largest absolute Gasteiger partial charge is 0.309 e. The van der Waals surface area contributed by atoms with Crippen molar-refractivity contribution in [1.29, 1.82) is 0 Å². The molecular formula is C51H30N4S2. The smallest absolute Gasteiger partial charge is 0.164 e. The van der Waals surface area contributed by atoms with Crippen molar-refractivity contribution < 1.29 is 0 Å². The van der Waals surface area contributed by atoms with Crippen molar-refractivity contribution in [2.75, 3.05) is 0 Å². The molecular weight excluding hydrogens is 733 g/mol. The third kappa shape index (κ3) is 5.22. The van der Waals surface area contributed by atoms with E-state index < -0.39 is 0 Å². The molecule has 0 N–H and O–H groups in total. The third-order valence-corrected chi connectivity index (χ3v) is 13.4. The number of benzene rings is 8. The van der Waals surface area contributed by atoms with Gasteiger partial charge in [-0.05, 0) is 59.7 Å². The fraction of sp³-hybridized carbons (Fsp3) is 0. The van der Waals surface area contributed by atoms with Crippen molar-refractivity contribution in [2.24, 2.45) is 0 Å². The van der Waals surface area contributed by atoms with E-state index in [-0.39, 0.29) is 0 Å². The lowest BCUT2D eigenvalue weighted by molar-refractivity contribution is 1.07. The van der Waals surface area contributed by atoms with Crippen LogP contribution in [-0.4, -0.2) is 19.5 Å². The summed E-state index contributed by atoms with van der Waals surface area (Å²) in [6.07, 6.45) is 0. The lowest BCUT2D eigenvalue weighted by Gasteiger charge is -2.09. The minimum absolute atomic E-state index is 0.662. The maximum Gasteiger partial charge on any atom is 0.164 e. The first kappa shape index (κ1) is 32.3. The molecule has 0 aliphatic carbocycles. The Morgan fingerprint density at radius 2 is 0.930 bits per heavy atom. The number of para-hydroxylation sites is 1. The number of rotatable bonds is 5. The van der Waals surface area contributed by atoms with Crippen LogP contribution in [0, 0.1) is 0 Å². The first-order chi connectivity index (χ1) is 28.2. The Labute approximate surface area is 335 Å². The number of hydrogen-bond acceptors (Lipinski definition) is 5. The summed E-state index contributed by atoms with van der Waals surface area (Å²) in [5.74, 6) is 1.99. The molecule has 4 aromatic heterocycles. The number of aromatic nitrogens is 4. The van der Waals surface area contributed by atoms with Gasteiger partial charge in [-0.25, -0.2) is 15.0 Å². The Morgan fingerprint density at radius 1 is 0.333 bits per heavy atom. The van der Waals surface area contributed by atoms with E-state index in [0.717, 1.165) is 22.4 Å². The molecule has 4 heterocycles. The van der Waals surface area contributed by atoms with E-state index in [1.165, 1.54) is 73.3 Å². The molecule has 0 bridgehead atoms. The monoisotopic (exact) mass is 762 g/mol. The Balaban J connectivity index is 1.03. The highest BCUT2D eigenvalue weighted by Gasteiger charge is 2.19. The molecule has 0 atom stereocenters. The van der Waals surface area contributed by atoms with Gasteiger partial charge in [-0.3, -0.25) is 0 Å².